The van der Waals surface area contributed by atoms with E-state index in [4.69, 9.17) is 0 Å². The third kappa shape index (κ3) is 3.89. The van der Waals surface area contributed by atoms with E-state index in [0.29, 0.717) is 24.2 Å². The van der Waals surface area contributed by atoms with Crippen molar-refractivity contribution in [1.29, 1.82) is 0 Å². The molecule has 1 heterocycles. The van der Waals surface area contributed by atoms with Crippen molar-refractivity contribution in [1.82, 2.24) is 4.98 Å². The summed E-state index contributed by atoms with van der Waals surface area (Å²) >= 11 is 0. The summed E-state index contributed by atoms with van der Waals surface area (Å²) in [6, 6.07) is 5.45. The fraction of sp³-hybridized carbons (Fsp3) is 0.450. The van der Waals surface area contributed by atoms with Crippen LogP contribution < -0.4 is 5.32 Å². The van der Waals surface area contributed by atoms with Gasteiger partial charge in [0.1, 0.15) is 10.7 Å². The summed E-state index contributed by atoms with van der Waals surface area (Å²) < 4.78 is 92.6. The van der Waals surface area contributed by atoms with Crippen LogP contribution in [0.5, 0.6) is 0 Å². The Hall–Kier alpha value is -2.23. The molecule has 0 radical (unpaired) electrons. The molecule has 1 aromatic carbocycles. The number of hydrogen-bond acceptors (Lipinski definition) is 4. The van der Waals surface area contributed by atoms with Gasteiger partial charge in [-0.05, 0) is 44.9 Å². The van der Waals surface area contributed by atoms with E-state index in [-0.39, 0.29) is 18.2 Å². The van der Waals surface area contributed by atoms with Crippen LogP contribution in [0.1, 0.15) is 49.7 Å². The smallest absolute Gasteiger partial charge is 0.347 e. The predicted octanol–water partition coefficient (Wildman–Crippen LogP) is 5.39. The summed E-state index contributed by atoms with van der Waals surface area (Å²) in [7, 11) is -5.20. The van der Waals surface area contributed by atoms with E-state index in [1.165, 1.54) is 25.1 Å². The third-order valence-electron chi connectivity index (χ3n) is 5.27. The number of aromatic nitrogens is 1. The van der Waals surface area contributed by atoms with Gasteiger partial charge in [0, 0.05) is 23.9 Å². The van der Waals surface area contributed by atoms with Crippen molar-refractivity contribution in [3.8, 4) is 0 Å². The van der Waals surface area contributed by atoms with Crippen molar-refractivity contribution in [2.45, 2.75) is 61.6 Å². The molecule has 0 bridgehead atoms. The molecule has 1 fully saturated rings. The molecule has 3 rings (SSSR count). The van der Waals surface area contributed by atoms with E-state index < -0.39 is 43.7 Å². The van der Waals surface area contributed by atoms with Crippen LogP contribution in [-0.2, 0) is 15.3 Å². The first-order valence-electron chi connectivity index (χ1n) is 9.24. The van der Waals surface area contributed by atoms with Crippen molar-refractivity contribution in [3.05, 3.63) is 53.1 Å². The molecule has 0 saturated heterocycles. The molecule has 164 valence electrons. The van der Waals surface area contributed by atoms with Gasteiger partial charge in [0.2, 0.25) is 16.3 Å². The monoisotopic (exact) mass is 448 g/mol. The van der Waals surface area contributed by atoms with Gasteiger partial charge in [-0.25, -0.2) is 21.6 Å². The number of hydrogen-bond donors (Lipinski definition) is 1. The van der Waals surface area contributed by atoms with E-state index in [0.717, 1.165) is 6.07 Å². The number of aryl methyl sites for hydroxylation is 1. The second-order valence-corrected chi connectivity index (χ2v) is 9.84. The van der Waals surface area contributed by atoms with Gasteiger partial charge in [0.25, 0.3) is 0 Å². The summed E-state index contributed by atoms with van der Waals surface area (Å²) in [4.78, 5) is 3.11. The van der Waals surface area contributed by atoms with E-state index >= 15 is 0 Å². The quantitative estimate of drug-likeness (QED) is 0.578. The highest BCUT2D eigenvalue weighted by atomic mass is 32.2. The van der Waals surface area contributed by atoms with E-state index in [1.54, 1.807) is 13.0 Å². The number of nitrogens with zero attached hydrogens (tertiary/aromatic N) is 1. The molecular formula is C20H21F5N2O2S. The Kier molecular flexibility index (Phi) is 5.59. The average Bonchev–Trinajstić information content (AvgIpc) is 3.42. The normalized spacial score (nSPS) is 17.1. The van der Waals surface area contributed by atoms with Gasteiger partial charge in [0.15, 0.2) is 0 Å². The SMILES string of the molecule is Cc1cc(N[C@H](C)c2cccc(S(=O)(=O)C(C)(F)F)c2F)cc(C2(C(F)F)CC2)n1. The molecule has 0 unspecified atom stereocenters. The maximum absolute atomic E-state index is 14.9. The van der Waals surface area contributed by atoms with Gasteiger partial charge in [-0.1, -0.05) is 12.1 Å². The van der Waals surface area contributed by atoms with Crippen molar-refractivity contribution in [2.24, 2.45) is 0 Å². The minimum absolute atomic E-state index is 0.147. The molecule has 1 atom stereocenters. The van der Waals surface area contributed by atoms with Crippen LogP contribution in [-0.4, -0.2) is 25.1 Å². The number of anilines is 1. The molecule has 1 aliphatic carbocycles. The Morgan fingerprint density at radius 2 is 1.83 bits per heavy atom. The first-order chi connectivity index (χ1) is 13.8. The molecule has 1 saturated carbocycles. The topological polar surface area (TPSA) is 59.1 Å². The summed E-state index contributed by atoms with van der Waals surface area (Å²) in [5.74, 6) is -1.28. The zero-order valence-corrected chi connectivity index (χ0v) is 17.3. The fourth-order valence-electron chi connectivity index (χ4n) is 3.32. The van der Waals surface area contributed by atoms with Crippen molar-refractivity contribution < 1.29 is 30.4 Å². The second-order valence-electron chi connectivity index (χ2n) is 7.68. The van der Waals surface area contributed by atoms with Gasteiger partial charge >= 0.3 is 5.25 Å². The number of alkyl halides is 4. The maximum atomic E-state index is 14.9. The second kappa shape index (κ2) is 7.47. The Morgan fingerprint density at radius 1 is 1.20 bits per heavy atom. The number of nitrogens with one attached hydrogen (secondary N) is 1. The number of pyridine rings is 1. The Labute approximate surface area is 171 Å². The van der Waals surface area contributed by atoms with Gasteiger partial charge in [-0.2, -0.15) is 8.78 Å². The minimum atomic E-state index is -5.20. The lowest BCUT2D eigenvalue weighted by atomic mass is 10.0. The average molecular weight is 448 g/mol. The van der Waals surface area contributed by atoms with Crippen LogP contribution in [0.25, 0.3) is 0 Å². The van der Waals surface area contributed by atoms with Gasteiger partial charge < -0.3 is 5.32 Å². The predicted molar refractivity (Wildman–Crippen MR) is 102 cm³/mol. The van der Waals surface area contributed by atoms with Crippen molar-refractivity contribution in [2.75, 3.05) is 5.32 Å². The molecule has 2 aromatic rings. The minimum Gasteiger partial charge on any atom is -0.378 e. The Balaban J connectivity index is 1.94. The standard InChI is InChI=1S/C20H21F5N2O2S/c1-11-9-13(10-16(26-11)20(7-8-20)18(22)23)27-12(2)14-5-4-6-15(17(14)21)30(28,29)19(3,24)25/h4-6,9-10,12,18H,7-8H2,1-3H3,(H,26,27)/t12-/m1/s1. The highest BCUT2D eigenvalue weighted by Gasteiger charge is 2.54. The first kappa shape index (κ1) is 22.5. The lowest BCUT2D eigenvalue weighted by Crippen LogP contribution is -2.26. The van der Waals surface area contributed by atoms with Crippen molar-refractivity contribution in [3.63, 3.8) is 0 Å². The first-order valence-corrected chi connectivity index (χ1v) is 10.7. The van der Waals surface area contributed by atoms with Gasteiger partial charge in [-0.3, -0.25) is 4.98 Å². The number of benzene rings is 1. The molecular weight excluding hydrogens is 427 g/mol. The molecule has 0 spiro atoms. The van der Waals surface area contributed by atoms with E-state index in [2.05, 4.69) is 10.3 Å². The van der Waals surface area contributed by atoms with Gasteiger partial charge in [-0.15, -0.1) is 0 Å². The molecule has 10 heteroatoms. The molecule has 1 N–H and O–H groups in total. The lowest BCUT2D eigenvalue weighted by Gasteiger charge is -2.21. The highest BCUT2D eigenvalue weighted by Crippen LogP contribution is 2.52. The summed E-state index contributed by atoms with van der Waals surface area (Å²) in [6.07, 6.45) is -1.93. The van der Waals surface area contributed by atoms with Crippen LogP contribution in [0.4, 0.5) is 27.6 Å². The third-order valence-corrected chi connectivity index (χ3v) is 7.11. The summed E-state index contributed by atoms with van der Waals surface area (Å²) in [6.45, 7) is 3.33. The van der Waals surface area contributed by atoms with E-state index in [1.807, 2.05) is 0 Å². The molecule has 1 aromatic heterocycles. The molecule has 30 heavy (non-hydrogen) atoms. The maximum Gasteiger partial charge on any atom is 0.347 e. The van der Waals surface area contributed by atoms with Crippen LogP contribution in [0.15, 0.2) is 35.2 Å². The fourth-order valence-corrected chi connectivity index (χ4v) is 4.32. The van der Waals surface area contributed by atoms with E-state index in [9.17, 15) is 30.4 Å². The van der Waals surface area contributed by atoms with Crippen LogP contribution in [0.3, 0.4) is 0 Å². The molecule has 0 amide bonds. The molecule has 0 aliphatic heterocycles. The summed E-state index contributed by atoms with van der Waals surface area (Å²) in [5, 5.41) is -1.22. The molecule has 1 aliphatic rings. The zero-order chi connectivity index (χ0) is 22.5. The largest absolute Gasteiger partial charge is 0.378 e. The highest BCUT2D eigenvalue weighted by molar-refractivity contribution is 7.92. The number of rotatable bonds is 7. The lowest BCUT2D eigenvalue weighted by molar-refractivity contribution is 0.0998. The zero-order valence-electron chi connectivity index (χ0n) is 16.5. The number of halogens is 5. The van der Waals surface area contributed by atoms with Crippen LogP contribution in [0.2, 0.25) is 0 Å². The Morgan fingerprint density at radius 3 is 2.37 bits per heavy atom. The van der Waals surface area contributed by atoms with Gasteiger partial charge in [0.05, 0.1) is 17.2 Å². The summed E-state index contributed by atoms with van der Waals surface area (Å²) in [5.41, 5.74) is -0.319. The van der Waals surface area contributed by atoms with Crippen molar-refractivity contribution >= 4 is 15.5 Å². The Bertz CT molecular complexity index is 1060. The van der Waals surface area contributed by atoms with Crippen LogP contribution in [0, 0.1) is 12.7 Å². The molecule has 4 nitrogen and oxygen atoms in total. The van der Waals surface area contributed by atoms with Crippen LogP contribution >= 0.6 is 0 Å². The number of sulfone groups is 1.